The Morgan fingerprint density at radius 2 is 1.93 bits per heavy atom. The molecule has 1 aliphatic rings. The standard InChI is InChI=1S/C29H33N7O3S/c1-29(2,3)23-16-24(35-39-23)33-27(37)31-20-6-4-19(5-7-20)21-17-36-22-8-9-25(34-26(22)40-28(36)32-21)38-15-12-18-10-13-30-14-11-18/h4-9,16-18,30H,10-15H2,1-3H3,(H2,31,33,35,37). The van der Waals surface area contributed by atoms with E-state index in [1.807, 2.05) is 63.4 Å². The summed E-state index contributed by atoms with van der Waals surface area (Å²) >= 11 is 1.54. The van der Waals surface area contributed by atoms with Crippen molar-refractivity contribution in [2.75, 3.05) is 30.3 Å². The molecule has 1 saturated heterocycles. The zero-order valence-electron chi connectivity index (χ0n) is 22.9. The first kappa shape index (κ1) is 26.3. The van der Waals surface area contributed by atoms with Crippen LogP contribution in [0.5, 0.6) is 5.88 Å². The summed E-state index contributed by atoms with van der Waals surface area (Å²) in [5, 5.41) is 12.9. The van der Waals surface area contributed by atoms with E-state index in [1.165, 1.54) is 12.8 Å². The van der Waals surface area contributed by atoms with Crippen LogP contribution >= 0.6 is 11.3 Å². The number of hydrogen-bond acceptors (Lipinski definition) is 8. The van der Waals surface area contributed by atoms with E-state index in [1.54, 1.807) is 17.4 Å². The lowest BCUT2D eigenvalue weighted by atomic mass is 9.93. The van der Waals surface area contributed by atoms with Crippen molar-refractivity contribution in [1.82, 2.24) is 24.8 Å². The maximum Gasteiger partial charge on any atom is 0.324 e. The number of carbonyl (C=O) groups excluding carboxylic acids is 1. The van der Waals surface area contributed by atoms with Gasteiger partial charge in [-0.25, -0.2) is 14.8 Å². The fourth-order valence-corrected chi connectivity index (χ4v) is 5.75. The largest absolute Gasteiger partial charge is 0.478 e. The Labute approximate surface area is 236 Å². The molecule has 208 valence electrons. The Morgan fingerprint density at radius 1 is 1.12 bits per heavy atom. The minimum Gasteiger partial charge on any atom is -0.478 e. The predicted octanol–water partition coefficient (Wildman–Crippen LogP) is 6.31. The quantitative estimate of drug-likeness (QED) is 0.214. The van der Waals surface area contributed by atoms with Gasteiger partial charge >= 0.3 is 6.03 Å². The number of benzene rings is 1. The van der Waals surface area contributed by atoms with Gasteiger partial charge in [-0.05, 0) is 56.5 Å². The van der Waals surface area contributed by atoms with Crippen molar-refractivity contribution in [3.63, 3.8) is 0 Å². The molecule has 4 aromatic heterocycles. The van der Waals surface area contributed by atoms with E-state index in [4.69, 9.17) is 19.2 Å². The molecule has 11 heteroatoms. The lowest BCUT2D eigenvalue weighted by molar-refractivity contribution is 0.246. The average Bonchev–Trinajstić information content (AvgIpc) is 3.64. The maximum absolute atomic E-state index is 12.4. The van der Waals surface area contributed by atoms with Gasteiger partial charge in [-0.1, -0.05) is 49.4 Å². The Bertz CT molecular complexity index is 1630. The minimum atomic E-state index is -0.391. The van der Waals surface area contributed by atoms with E-state index in [0.717, 1.165) is 52.0 Å². The molecule has 0 aliphatic carbocycles. The van der Waals surface area contributed by atoms with Crippen molar-refractivity contribution in [1.29, 1.82) is 0 Å². The van der Waals surface area contributed by atoms with Crippen molar-refractivity contribution < 1.29 is 14.1 Å². The Balaban J connectivity index is 1.08. The van der Waals surface area contributed by atoms with Crippen LogP contribution in [-0.4, -0.2) is 45.3 Å². The number of anilines is 2. The van der Waals surface area contributed by atoms with Crippen LogP contribution in [0.15, 0.2) is 53.2 Å². The number of piperidine rings is 1. The highest BCUT2D eigenvalue weighted by Gasteiger charge is 2.20. The summed E-state index contributed by atoms with van der Waals surface area (Å²) in [6, 6.07) is 12.9. The third-order valence-electron chi connectivity index (χ3n) is 7.10. The predicted molar refractivity (Wildman–Crippen MR) is 157 cm³/mol. The van der Waals surface area contributed by atoms with Crippen LogP contribution in [0, 0.1) is 5.92 Å². The van der Waals surface area contributed by atoms with Crippen LogP contribution in [0.3, 0.4) is 0 Å². The topological polar surface area (TPSA) is 119 Å². The molecule has 0 atom stereocenters. The number of carbonyl (C=O) groups is 1. The van der Waals surface area contributed by atoms with Crippen molar-refractivity contribution in [3.8, 4) is 17.1 Å². The fourth-order valence-electron chi connectivity index (χ4n) is 4.78. The highest BCUT2D eigenvalue weighted by atomic mass is 32.1. The van der Waals surface area contributed by atoms with Crippen molar-refractivity contribution in [3.05, 3.63) is 54.4 Å². The molecule has 0 radical (unpaired) electrons. The van der Waals surface area contributed by atoms with Gasteiger partial charge in [0.15, 0.2) is 10.8 Å². The van der Waals surface area contributed by atoms with Gasteiger partial charge in [0.25, 0.3) is 0 Å². The second kappa shape index (κ2) is 10.9. The summed E-state index contributed by atoms with van der Waals surface area (Å²) in [6.07, 6.45) is 5.52. The van der Waals surface area contributed by atoms with Crippen molar-refractivity contribution >= 4 is 44.2 Å². The van der Waals surface area contributed by atoms with E-state index < -0.39 is 6.03 Å². The molecule has 10 nitrogen and oxygen atoms in total. The van der Waals surface area contributed by atoms with Gasteiger partial charge in [0.05, 0.1) is 17.8 Å². The van der Waals surface area contributed by atoms with Gasteiger partial charge in [-0.3, -0.25) is 9.72 Å². The molecular weight excluding hydrogens is 526 g/mol. The Hall–Kier alpha value is -3.96. The Morgan fingerprint density at radius 3 is 2.67 bits per heavy atom. The lowest BCUT2D eigenvalue weighted by Gasteiger charge is -2.22. The third-order valence-corrected chi connectivity index (χ3v) is 8.06. The molecule has 5 aromatic rings. The smallest absolute Gasteiger partial charge is 0.324 e. The molecule has 0 saturated carbocycles. The van der Waals surface area contributed by atoms with E-state index in [9.17, 15) is 4.79 Å². The monoisotopic (exact) mass is 559 g/mol. The molecule has 1 fully saturated rings. The van der Waals surface area contributed by atoms with Crippen molar-refractivity contribution in [2.45, 2.75) is 45.4 Å². The highest BCUT2D eigenvalue weighted by Crippen LogP contribution is 2.30. The zero-order chi connectivity index (χ0) is 27.7. The number of hydrogen-bond donors (Lipinski definition) is 3. The summed E-state index contributed by atoms with van der Waals surface area (Å²) < 4.78 is 13.4. The van der Waals surface area contributed by atoms with E-state index in [0.29, 0.717) is 29.8 Å². The second-order valence-electron chi connectivity index (χ2n) is 11.2. The van der Waals surface area contributed by atoms with Crippen LogP contribution in [0.2, 0.25) is 0 Å². The first-order chi connectivity index (χ1) is 19.3. The molecule has 0 unspecified atom stereocenters. The first-order valence-corrected chi connectivity index (χ1v) is 14.4. The molecule has 0 spiro atoms. The van der Waals surface area contributed by atoms with E-state index >= 15 is 0 Å². The van der Waals surface area contributed by atoms with E-state index in [2.05, 4.69) is 25.5 Å². The number of aromatic nitrogens is 4. The number of amides is 2. The molecule has 1 aliphatic heterocycles. The SMILES string of the molecule is CC(C)(C)c1cc(NC(=O)Nc2ccc(-c3cn4c(n3)sc3nc(OCCC5CCNCC5)ccc34)cc2)no1. The number of rotatable bonds is 7. The van der Waals surface area contributed by atoms with Gasteiger partial charge < -0.3 is 19.9 Å². The van der Waals surface area contributed by atoms with Crippen LogP contribution < -0.4 is 20.7 Å². The number of nitrogens with one attached hydrogen (secondary N) is 3. The zero-order valence-corrected chi connectivity index (χ0v) is 23.7. The molecule has 2 amide bonds. The van der Waals surface area contributed by atoms with Gasteiger partial charge in [0.2, 0.25) is 5.88 Å². The van der Waals surface area contributed by atoms with Crippen LogP contribution in [-0.2, 0) is 5.41 Å². The number of fused-ring (bicyclic) bond motifs is 3. The van der Waals surface area contributed by atoms with Crippen LogP contribution in [0.1, 0.15) is 45.8 Å². The molecule has 40 heavy (non-hydrogen) atoms. The Kier molecular flexibility index (Phi) is 7.16. The van der Waals surface area contributed by atoms with Crippen LogP contribution in [0.25, 0.3) is 26.6 Å². The molecule has 1 aromatic carbocycles. The number of ether oxygens (including phenoxy) is 1. The highest BCUT2D eigenvalue weighted by molar-refractivity contribution is 7.23. The summed E-state index contributed by atoms with van der Waals surface area (Å²) in [4.78, 5) is 23.7. The number of pyridine rings is 1. The molecule has 6 rings (SSSR count). The van der Waals surface area contributed by atoms with Gasteiger partial charge in [0, 0.05) is 35.0 Å². The minimum absolute atomic E-state index is 0.187. The average molecular weight is 560 g/mol. The van der Waals surface area contributed by atoms with Crippen molar-refractivity contribution in [2.24, 2.45) is 5.92 Å². The number of thiazole rings is 1. The number of urea groups is 1. The number of nitrogens with zero attached hydrogens (tertiary/aromatic N) is 4. The van der Waals surface area contributed by atoms with Crippen LogP contribution in [0.4, 0.5) is 16.3 Å². The fraction of sp³-hybridized carbons (Fsp3) is 0.379. The first-order valence-electron chi connectivity index (χ1n) is 13.6. The van der Waals surface area contributed by atoms with Gasteiger partial charge in [0.1, 0.15) is 10.6 Å². The third kappa shape index (κ3) is 5.80. The normalized spacial score (nSPS) is 14.6. The van der Waals surface area contributed by atoms with E-state index in [-0.39, 0.29) is 5.41 Å². The number of imidazole rings is 1. The summed E-state index contributed by atoms with van der Waals surface area (Å²) in [7, 11) is 0. The summed E-state index contributed by atoms with van der Waals surface area (Å²) in [5.41, 5.74) is 3.27. The maximum atomic E-state index is 12.4. The summed E-state index contributed by atoms with van der Waals surface area (Å²) in [5.74, 6) is 2.47. The summed E-state index contributed by atoms with van der Waals surface area (Å²) in [6.45, 7) is 8.96. The van der Waals surface area contributed by atoms with Gasteiger partial charge in [-0.15, -0.1) is 0 Å². The molecular formula is C29H33N7O3S. The molecule has 3 N–H and O–H groups in total. The van der Waals surface area contributed by atoms with Gasteiger partial charge in [-0.2, -0.15) is 0 Å². The lowest BCUT2D eigenvalue weighted by Crippen LogP contribution is -2.28. The molecule has 5 heterocycles. The molecule has 0 bridgehead atoms. The second-order valence-corrected chi connectivity index (χ2v) is 12.1.